The number of nitrogens with two attached hydrogens (primary N) is 1. The predicted molar refractivity (Wildman–Crippen MR) is 67.8 cm³/mol. The standard InChI is InChI=1S/C13H19FN2O2/c1-4-16(3)13(17)8-18-12-6-5-10(9(2)15)7-11(12)14/h5-7,9H,4,8,15H2,1-3H3/t9-/m1/s1. The van der Waals surface area contributed by atoms with Crippen LogP contribution in [0.25, 0.3) is 0 Å². The van der Waals surface area contributed by atoms with Gasteiger partial charge in [-0.1, -0.05) is 6.07 Å². The molecule has 1 aromatic rings. The van der Waals surface area contributed by atoms with Gasteiger partial charge in [0.2, 0.25) is 0 Å². The van der Waals surface area contributed by atoms with E-state index in [0.717, 1.165) is 0 Å². The Morgan fingerprint density at radius 2 is 2.22 bits per heavy atom. The average molecular weight is 254 g/mol. The Hall–Kier alpha value is -1.62. The van der Waals surface area contributed by atoms with Crippen molar-refractivity contribution in [3.8, 4) is 5.75 Å². The van der Waals surface area contributed by atoms with Crippen LogP contribution in [0.2, 0.25) is 0 Å². The third-order valence-corrected chi connectivity index (χ3v) is 2.73. The zero-order valence-electron chi connectivity index (χ0n) is 10.9. The van der Waals surface area contributed by atoms with Gasteiger partial charge >= 0.3 is 0 Å². The van der Waals surface area contributed by atoms with E-state index in [1.54, 1.807) is 20.0 Å². The fraction of sp³-hybridized carbons (Fsp3) is 0.462. The molecule has 1 rings (SSSR count). The molecular weight excluding hydrogens is 235 g/mol. The number of ether oxygens (including phenoxy) is 1. The van der Waals surface area contributed by atoms with Crippen molar-refractivity contribution in [3.63, 3.8) is 0 Å². The lowest BCUT2D eigenvalue weighted by atomic mass is 10.1. The van der Waals surface area contributed by atoms with Crippen LogP contribution in [-0.4, -0.2) is 31.0 Å². The molecule has 1 amide bonds. The van der Waals surface area contributed by atoms with Gasteiger partial charge in [0.15, 0.2) is 18.2 Å². The Kier molecular flexibility index (Phi) is 5.09. The lowest BCUT2D eigenvalue weighted by Gasteiger charge is -2.15. The molecule has 0 bridgehead atoms. The van der Waals surface area contributed by atoms with Gasteiger partial charge in [-0.15, -0.1) is 0 Å². The Morgan fingerprint density at radius 3 is 2.72 bits per heavy atom. The summed E-state index contributed by atoms with van der Waals surface area (Å²) in [5, 5.41) is 0. The van der Waals surface area contributed by atoms with Crippen LogP contribution in [-0.2, 0) is 4.79 Å². The van der Waals surface area contributed by atoms with E-state index in [9.17, 15) is 9.18 Å². The summed E-state index contributed by atoms with van der Waals surface area (Å²) in [6.45, 7) is 4.05. The number of carbonyl (C=O) groups is 1. The number of carbonyl (C=O) groups excluding carboxylic acids is 1. The van der Waals surface area contributed by atoms with E-state index in [-0.39, 0.29) is 24.3 Å². The molecule has 0 radical (unpaired) electrons. The Labute approximate surface area is 107 Å². The van der Waals surface area contributed by atoms with Crippen LogP contribution < -0.4 is 10.5 Å². The number of halogens is 1. The summed E-state index contributed by atoms with van der Waals surface area (Å²) < 4.78 is 18.8. The number of benzene rings is 1. The molecule has 0 aromatic heterocycles. The zero-order chi connectivity index (χ0) is 13.7. The van der Waals surface area contributed by atoms with E-state index < -0.39 is 5.82 Å². The highest BCUT2D eigenvalue weighted by molar-refractivity contribution is 5.77. The second-order valence-electron chi connectivity index (χ2n) is 4.18. The van der Waals surface area contributed by atoms with Gasteiger partial charge in [0.1, 0.15) is 0 Å². The predicted octanol–water partition coefficient (Wildman–Crippen LogP) is 1.70. The summed E-state index contributed by atoms with van der Waals surface area (Å²) in [4.78, 5) is 13.0. The van der Waals surface area contributed by atoms with Crippen molar-refractivity contribution >= 4 is 5.91 Å². The lowest BCUT2D eigenvalue weighted by molar-refractivity contribution is -0.131. The van der Waals surface area contributed by atoms with Crippen molar-refractivity contribution in [3.05, 3.63) is 29.6 Å². The van der Waals surface area contributed by atoms with Crippen LogP contribution in [0.5, 0.6) is 5.75 Å². The van der Waals surface area contributed by atoms with Crippen molar-refractivity contribution in [2.75, 3.05) is 20.2 Å². The molecule has 1 aromatic carbocycles. The summed E-state index contributed by atoms with van der Waals surface area (Å²) in [7, 11) is 1.67. The molecule has 5 heteroatoms. The number of likely N-dealkylation sites (N-methyl/N-ethyl adjacent to an activating group) is 1. The van der Waals surface area contributed by atoms with Crippen LogP contribution in [0.4, 0.5) is 4.39 Å². The molecule has 0 aliphatic carbocycles. The van der Waals surface area contributed by atoms with Gasteiger partial charge < -0.3 is 15.4 Å². The van der Waals surface area contributed by atoms with E-state index in [0.29, 0.717) is 12.1 Å². The minimum absolute atomic E-state index is 0.0669. The SMILES string of the molecule is CCN(C)C(=O)COc1ccc([C@@H](C)N)cc1F. The monoisotopic (exact) mass is 254 g/mol. The average Bonchev–Trinajstić information content (AvgIpc) is 2.35. The Balaban J connectivity index is 2.66. The highest BCUT2D eigenvalue weighted by Gasteiger charge is 2.11. The van der Waals surface area contributed by atoms with E-state index in [4.69, 9.17) is 10.5 Å². The van der Waals surface area contributed by atoms with Crippen molar-refractivity contribution < 1.29 is 13.9 Å². The summed E-state index contributed by atoms with van der Waals surface area (Å²) >= 11 is 0. The maximum Gasteiger partial charge on any atom is 0.260 e. The lowest BCUT2D eigenvalue weighted by Crippen LogP contribution is -2.31. The van der Waals surface area contributed by atoms with Crippen LogP contribution >= 0.6 is 0 Å². The summed E-state index contributed by atoms with van der Waals surface area (Å²) in [5.74, 6) is -0.623. The van der Waals surface area contributed by atoms with Crippen LogP contribution in [0, 0.1) is 5.82 Å². The molecule has 0 fully saturated rings. The molecule has 0 unspecified atom stereocenters. The van der Waals surface area contributed by atoms with Crippen molar-refractivity contribution in [2.45, 2.75) is 19.9 Å². The van der Waals surface area contributed by atoms with Crippen LogP contribution in [0.3, 0.4) is 0 Å². The largest absolute Gasteiger partial charge is 0.481 e. The third-order valence-electron chi connectivity index (χ3n) is 2.73. The molecule has 0 aliphatic heterocycles. The number of hydrogen-bond acceptors (Lipinski definition) is 3. The van der Waals surface area contributed by atoms with Gasteiger partial charge in [0.25, 0.3) is 5.91 Å². The minimum atomic E-state index is -0.503. The highest BCUT2D eigenvalue weighted by Crippen LogP contribution is 2.21. The highest BCUT2D eigenvalue weighted by atomic mass is 19.1. The van der Waals surface area contributed by atoms with E-state index >= 15 is 0 Å². The number of nitrogens with zero attached hydrogens (tertiary/aromatic N) is 1. The molecule has 100 valence electrons. The molecule has 18 heavy (non-hydrogen) atoms. The van der Waals surface area contributed by atoms with E-state index in [1.165, 1.54) is 17.0 Å². The maximum atomic E-state index is 13.6. The van der Waals surface area contributed by atoms with E-state index in [2.05, 4.69) is 0 Å². The molecule has 0 heterocycles. The molecule has 4 nitrogen and oxygen atoms in total. The van der Waals surface area contributed by atoms with Crippen molar-refractivity contribution in [2.24, 2.45) is 5.73 Å². The quantitative estimate of drug-likeness (QED) is 0.870. The van der Waals surface area contributed by atoms with Gasteiger partial charge in [0.05, 0.1) is 0 Å². The van der Waals surface area contributed by atoms with Crippen molar-refractivity contribution in [1.29, 1.82) is 0 Å². The molecule has 0 aliphatic rings. The van der Waals surface area contributed by atoms with Gasteiger partial charge in [-0.25, -0.2) is 4.39 Å². The smallest absolute Gasteiger partial charge is 0.260 e. The van der Waals surface area contributed by atoms with Crippen LogP contribution in [0.15, 0.2) is 18.2 Å². The first kappa shape index (κ1) is 14.4. The Bertz CT molecular complexity index is 421. The molecule has 0 spiro atoms. The number of rotatable bonds is 5. The summed E-state index contributed by atoms with van der Waals surface area (Å²) in [5.41, 5.74) is 6.34. The maximum absolute atomic E-state index is 13.6. The second-order valence-corrected chi connectivity index (χ2v) is 4.18. The van der Waals surface area contributed by atoms with Crippen LogP contribution in [0.1, 0.15) is 25.5 Å². The van der Waals surface area contributed by atoms with E-state index in [1.807, 2.05) is 6.92 Å². The number of hydrogen-bond donors (Lipinski definition) is 1. The van der Waals surface area contributed by atoms with Gasteiger partial charge in [0, 0.05) is 19.6 Å². The minimum Gasteiger partial charge on any atom is -0.481 e. The first-order valence-electron chi connectivity index (χ1n) is 5.87. The normalized spacial score (nSPS) is 12.1. The van der Waals surface area contributed by atoms with Crippen molar-refractivity contribution in [1.82, 2.24) is 4.90 Å². The first-order valence-corrected chi connectivity index (χ1v) is 5.87. The molecule has 0 saturated heterocycles. The molecule has 0 saturated carbocycles. The summed E-state index contributed by atoms with van der Waals surface area (Å²) in [6.07, 6.45) is 0. The number of amides is 1. The zero-order valence-corrected chi connectivity index (χ0v) is 10.9. The molecular formula is C13H19FN2O2. The fourth-order valence-electron chi connectivity index (χ4n) is 1.34. The Morgan fingerprint density at radius 1 is 1.56 bits per heavy atom. The third kappa shape index (κ3) is 3.70. The molecule has 2 N–H and O–H groups in total. The summed E-state index contributed by atoms with van der Waals surface area (Å²) in [6, 6.07) is 4.28. The van der Waals surface area contributed by atoms with Gasteiger partial charge in [-0.2, -0.15) is 0 Å². The molecule has 1 atom stereocenters. The fourth-order valence-corrected chi connectivity index (χ4v) is 1.34. The first-order chi connectivity index (χ1) is 8.45. The topological polar surface area (TPSA) is 55.6 Å². The van der Waals surface area contributed by atoms with Gasteiger partial charge in [-0.05, 0) is 31.5 Å². The van der Waals surface area contributed by atoms with Gasteiger partial charge in [-0.3, -0.25) is 4.79 Å². The second kappa shape index (κ2) is 6.35.